The average Bonchev–Trinajstić information content (AvgIpc) is 3.31. The first kappa shape index (κ1) is 16.4. The first-order valence-corrected chi connectivity index (χ1v) is 9.40. The SMILES string of the molecule is Cc1ccc(-c2noc(C3CCN(C(=O)C4CCCCC4)CC3)n2)o1. The molecule has 1 amide bonds. The van der Waals surface area contributed by atoms with E-state index in [1.54, 1.807) is 0 Å². The molecule has 0 bridgehead atoms. The minimum absolute atomic E-state index is 0.229. The van der Waals surface area contributed by atoms with Crippen LogP contribution in [0.15, 0.2) is 21.1 Å². The number of carbonyl (C=O) groups is 1. The molecule has 1 aliphatic heterocycles. The largest absolute Gasteiger partial charge is 0.458 e. The molecule has 0 atom stereocenters. The van der Waals surface area contributed by atoms with Crippen LogP contribution in [0.3, 0.4) is 0 Å². The van der Waals surface area contributed by atoms with E-state index in [1.165, 1.54) is 19.3 Å². The molecule has 0 radical (unpaired) electrons. The molecule has 25 heavy (non-hydrogen) atoms. The van der Waals surface area contributed by atoms with Crippen LogP contribution in [-0.2, 0) is 4.79 Å². The molecule has 2 aromatic heterocycles. The highest BCUT2D eigenvalue weighted by atomic mass is 16.5. The molecule has 134 valence electrons. The third kappa shape index (κ3) is 3.48. The number of carbonyl (C=O) groups excluding carboxylic acids is 1. The average molecular weight is 343 g/mol. The van der Waals surface area contributed by atoms with E-state index in [2.05, 4.69) is 10.1 Å². The molecular weight excluding hydrogens is 318 g/mol. The van der Waals surface area contributed by atoms with Crippen molar-refractivity contribution in [2.45, 2.75) is 57.8 Å². The van der Waals surface area contributed by atoms with E-state index >= 15 is 0 Å². The number of rotatable bonds is 3. The minimum atomic E-state index is 0.229. The summed E-state index contributed by atoms with van der Waals surface area (Å²) in [6, 6.07) is 3.75. The summed E-state index contributed by atoms with van der Waals surface area (Å²) in [5.41, 5.74) is 0. The van der Waals surface area contributed by atoms with Crippen LogP contribution in [0.5, 0.6) is 0 Å². The summed E-state index contributed by atoms with van der Waals surface area (Å²) >= 11 is 0. The predicted octanol–water partition coefficient (Wildman–Crippen LogP) is 3.92. The lowest BCUT2D eigenvalue weighted by Gasteiger charge is -2.34. The lowest BCUT2D eigenvalue weighted by molar-refractivity contribution is -0.137. The maximum absolute atomic E-state index is 12.6. The number of nitrogens with zero attached hydrogens (tertiary/aromatic N) is 3. The molecule has 0 unspecified atom stereocenters. The molecule has 0 spiro atoms. The Morgan fingerprint density at radius 1 is 1.12 bits per heavy atom. The third-order valence-electron chi connectivity index (χ3n) is 5.51. The zero-order valence-electron chi connectivity index (χ0n) is 14.7. The summed E-state index contributed by atoms with van der Waals surface area (Å²) in [7, 11) is 0. The van der Waals surface area contributed by atoms with Crippen LogP contribution < -0.4 is 0 Å². The van der Waals surface area contributed by atoms with Gasteiger partial charge in [0.15, 0.2) is 5.76 Å². The monoisotopic (exact) mass is 343 g/mol. The number of likely N-dealkylation sites (tertiary alicyclic amines) is 1. The van der Waals surface area contributed by atoms with Crippen LogP contribution >= 0.6 is 0 Å². The Bertz CT molecular complexity index is 722. The van der Waals surface area contributed by atoms with Crippen molar-refractivity contribution in [3.8, 4) is 11.6 Å². The van der Waals surface area contributed by atoms with E-state index in [0.29, 0.717) is 23.4 Å². The zero-order valence-corrected chi connectivity index (χ0v) is 14.7. The maximum Gasteiger partial charge on any atom is 0.238 e. The molecule has 0 N–H and O–H groups in total. The number of aromatic nitrogens is 2. The van der Waals surface area contributed by atoms with Crippen LogP contribution in [0, 0.1) is 12.8 Å². The van der Waals surface area contributed by atoms with Gasteiger partial charge < -0.3 is 13.8 Å². The molecule has 2 fully saturated rings. The van der Waals surface area contributed by atoms with Crippen molar-refractivity contribution < 1.29 is 13.7 Å². The van der Waals surface area contributed by atoms with Gasteiger partial charge in [-0.25, -0.2) is 0 Å². The highest BCUT2D eigenvalue weighted by Gasteiger charge is 2.31. The Kier molecular flexibility index (Phi) is 4.59. The Labute approximate surface area is 147 Å². The van der Waals surface area contributed by atoms with Gasteiger partial charge in [0.1, 0.15) is 5.76 Å². The zero-order chi connectivity index (χ0) is 17.2. The van der Waals surface area contributed by atoms with Gasteiger partial charge in [0.25, 0.3) is 0 Å². The van der Waals surface area contributed by atoms with Gasteiger partial charge in [-0.1, -0.05) is 24.4 Å². The van der Waals surface area contributed by atoms with E-state index in [0.717, 1.165) is 44.5 Å². The summed E-state index contributed by atoms with van der Waals surface area (Å²) in [5, 5.41) is 4.04. The Morgan fingerprint density at radius 3 is 2.56 bits per heavy atom. The van der Waals surface area contributed by atoms with Crippen molar-refractivity contribution in [3.05, 3.63) is 23.8 Å². The van der Waals surface area contributed by atoms with Gasteiger partial charge in [0, 0.05) is 24.9 Å². The first-order chi connectivity index (χ1) is 12.2. The highest BCUT2D eigenvalue weighted by Crippen LogP contribution is 2.31. The van der Waals surface area contributed by atoms with Crippen molar-refractivity contribution in [2.24, 2.45) is 5.92 Å². The topological polar surface area (TPSA) is 72.4 Å². The van der Waals surface area contributed by atoms with Crippen molar-refractivity contribution in [1.29, 1.82) is 0 Å². The van der Waals surface area contributed by atoms with Gasteiger partial charge >= 0.3 is 0 Å². The first-order valence-electron chi connectivity index (χ1n) is 9.40. The van der Waals surface area contributed by atoms with Gasteiger partial charge in [-0.3, -0.25) is 4.79 Å². The van der Waals surface area contributed by atoms with Gasteiger partial charge in [-0.05, 0) is 44.7 Å². The summed E-state index contributed by atoms with van der Waals surface area (Å²) in [6.07, 6.45) is 7.57. The number of amides is 1. The summed E-state index contributed by atoms with van der Waals surface area (Å²) in [5.74, 6) is 3.47. The fourth-order valence-corrected chi connectivity index (χ4v) is 4.01. The number of furan rings is 1. The Balaban J connectivity index is 1.35. The van der Waals surface area contributed by atoms with Crippen LogP contribution in [0.2, 0.25) is 0 Å². The standard InChI is InChI=1S/C19H25N3O3/c1-13-7-8-16(24-13)17-20-18(25-21-17)14-9-11-22(12-10-14)19(23)15-5-3-2-4-6-15/h7-8,14-15H,2-6,9-12H2,1H3. The molecule has 1 aliphatic carbocycles. The molecular formula is C19H25N3O3. The van der Waals surface area contributed by atoms with E-state index in [1.807, 2.05) is 24.0 Å². The Hall–Kier alpha value is -2.11. The molecule has 3 heterocycles. The van der Waals surface area contributed by atoms with Gasteiger partial charge in [-0.15, -0.1) is 0 Å². The Morgan fingerprint density at radius 2 is 1.88 bits per heavy atom. The lowest BCUT2D eigenvalue weighted by Crippen LogP contribution is -2.41. The molecule has 0 aromatic carbocycles. The quantitative estimate of drug-likeness (QED) is 0.844. The molecule has 6 heteroatoms. The molecule has 2 aliphatic rings. The van der Waals surface area contributed by atoms with Crippen LogP contribution in [0.4, 0.5) is 0 Å². The third-order valence-corrected chi connectivity index (χ3v) is 5.51. The molecule has 1 saturated heterocycles. The molecule has 1 saturated carbocycles. The lowest BCUT2D eigenvalue weighted by atomic mass is 9.87. The van der Waals surface area contributed by atoms with Crippen molar-refractivity contribution in [1.82, 2.24) is 15.0 Å². The number of piperidine rings is 1. The second-order valence-electron chi connectivity index (χ2n) is 7.30. The predicted molar refractivity (Wildman–Crippen MR) is 91.9 cm³/mol. The summed E-state index contributed by atoms with van der Waals surface area (Å²) < 4.78 is 11.0. The highest BCUT2D eigenvalue weighted by molar-refractivity contribution is 5.79. The van der Waals surface area contributed by atoms with Gasteiger partial charge in [0.05, 0.1) is 0 Å². The van der Waals surface area contributed by atoms with Gasteiger partial charge in [0.2, 0.25) is 17.6 Å². The summed E-state index contributed by atoms with van der Waals surface area (Å²) in [6.45, 7) is 3.47. The number of hydrogen-bond donors (Lipinski definition) is 0. The molecule has 6 nitrogen and oxygen atoms in total. The molecule has 4 rings (SSSR count). The van der Waals surface area contributed by atoms with Crippen molar-refractivity contribution in [3.63, 3.8) is 0 Å². The fourth-order valence-electron chi connectivity index (χ4n) is 4.01. The van der Waals surface area contributed by atoms with Crippen LogP contribution in [0.25, 0.3) is 11.6 Å². The second kappa shape index (κ2) is 7.02. The number of hydrogen-bond acceptors (Lipinski definition) is 5. The van der Waals surface area contributed by atoms with Gasteiger partial charge in [-0.2, -0.15) is 4.98 Å². The van der Waals surface area contributed by atoms with E-state index < -0.39 is 0 Å². The number of aryl methyl sites for hydroxylation is 1. The maximum atomic E-state index is 12.6. The van der Waals surface area contributed by atoms with Crippen molar-refractivity contribution >= 4 is 5.91 Å². The second-order valence-corrected chi connectivity index (χ2v) is 7.30. The summed E-state index contributed by atoms with van der Waals surface area (Å²) in [4.78, 5) is 19.2. The van der Waals surface area contributed by atoms with Crippen LogP contribution in [-0.4, -0.2) is 34.0 Å². The normalized spacial score (nSPS) is 20.1. The van der Waals surface area contributed by atoms with E-state index in [9.17, 15) is 4.79 Å². The van der Waals surface area contributed by atoms with Crippen molar-refractivity contribution in [2.75, 3.05) is 13.1 Å². The van der Waals surface area contributed by atoms with E-state index in [-0.39, 0.29) is 11.8 Å². The molecule has 2 aromatic rings. The fraction of sp³-hybridized carbons (Fsp3) is 0.632. The van der Waals surface area contributed by atoms with Crippen LogP contribution in [0.1, 0.15) is 62.5 Å². The smallest absolute Gasteiger partial charge is 0.238 e. The van der Waals surface area contributed by atoms with E-state index in [4.69, 9.17) is 8.94 Å². The minimum Gasteiger partial charge on any atom is -0.458 e.